The van der Waals surface area contributed by atoms with E-state index in [1.165, 1.54) is 0 Å². The van der Waals surface area contributed by atoms with Crippen LogP contribution in [0.2, 0.25) is 0 Å². The van der Waals surface area contributed by atoms with Gasteiger partial charge in [0, 0.05) is 0 Å². The topological polar surface area (TPSA) is 81.4 Å². The van der Waals surface area contributed by atoms with Crippen LogP contribution in [0.25, 0.3) is 0 Å². The van der Waals surface area contributed by atoms with Gasteiger partial charge in [-0.25, -0.2) is 0 Å². The monoisotopic (exact) mass is 216 g/mol. The zero-order valence-corrected chi connectivity index (χ0v) is 9.58. The van der Waals surface area contributed by atoms with Crippen LogP contribution in [-0.2, 0) is 14.3 Å². The minimum Gasteiger partial charge on any atom is -0.466 e. The van der Waals surface area contributed by atoms with Crippen LogP contribution in [0.3, 0.4) is 0 Å². The third kappa shape index (κ3) is 6.90. The van der Waals surface area contributed by atoms with Crippen LogP contribution in [-0.4, -0.2) is 31.1 Å². The summed E-state index contributed by atoms with van der Waals surface area (Å²) in [5.74, 6) is -0.532. The van der Waals surface area contributed by atoms with Crippen molar-refractivity contribution in [3.05, 3.63) is 0 Å². The lowest BCUT2D eigenvalue weighted by atomic mass is 10.1. The fourth-order valence-corrected chi connectivity index (χ4v) is 1.04. The molecule has 0 bridgehead atoms. The number of ether oxygens (including phenoxy) is 1. The fourth-order valence-electron chi connectivity index (χ4n) is 1.04. The van der Waals surface area contributed by atoms with Gasteiger partial charge in [-0.05, 0) is 19.4 Å². The van der Waals surface area contributed by atoms with E-state index in [-0.39, 0.29) is 6.42 Å². The van der Waals surface area contributed by atoms with Crippen molar-refractivity contribution >= 4 is 11.9 Å². The molecular weight excluding hydrogens is 196 g/mol. The fraction of sp³-hybridized carbons (Fsp3) is 0.800. The van der Waals surface area contributed by atoms with Crippen LogP contribution >= 0.6 is 0 Å². The lowest BCUT2D eigenvalue weighted by Crippen LogP contribution is -2.44. The highest BCUT2D eigenvalue weighted by molar-refractivity contribution is 5.85. The second-order valence-electron chi connectivity index (χ2n) is 3.77. The molecule has 88 valence electrons. The summed E-state index contributed by atoms with van der Waals surface area (Å²) in [7, 11) is 0. The van der Waals surface area contributed by atoms with Crippen molar-refractivity contribution < 1.29 is 14.3 Å². The van der Waals surface area contributed by atoms with E-state index in [2.05, 4.69) is 5.32 Å². The largest absolute Gasteiger partial charge is 0.466 e. The van der Waals surface area contributed by atoms with Gasteiger partial charge in [-0.3, -0.25) is 9.59 Å². The van der Waals surface area contributed by atoms with Crippen molar-refractivity contribution in [2.24, 2.45) is 11.7 Å². The first-order valence-electron chi connectivity index (χ1n) is 5.15. The zero-order chi connectivity index (χ0) is 11.8. The van der Waals surface area contributed by atoms with Crippen molar-refractivity contribution in [2.45, 2.75) is 33.2 Å². The predicted molar refractivity (Wildman–Crippen MR) is 57.1 cm³/mol. The molecule has 0 aromatic carbocycles. The minimum absolute atomic E-state index is 0.00407. The van der Waals surface area contributed by atoms with Crippen LogP contribution in [0.1, 0.15) is 27.2 Å². The molecule has 5 heteroatoms. The number of carbonyl (C=O) groups excluding carboxylic acids is 2. The van der Waals surface area contributed by atoms with Crippen LogP contribution in [0.5, 0.6) is 0 Å². The second-order valence-corrected chi connectivity index (χ2v) is 3.77. The molecule has 0 saturated carbocycles. The van der Waals surface area contributed by atoms with Gasteiger partial charge in [-0.1, -0.05) is 13.8 Å². The Morgan fingerprint density at radius 2 is 2.00 bits per heavy atom. The number of primary amides is 1. The Morgan fingerprint density at radius 3 is 2.40 bits per heavy atom. The van der Waals surface area contributed by atoms with E-state index in [4.69, 9.17) is 10.5 Å². The lowest BCUT2D eigenvalue weighted by molar-refractivity contribution is -0.145. The molecular formula is C10H20N2O3. The maximum atomic E-state index is 11.1. The van der Waals surface area contributed by atoms with Gasteiger partial charge in [-0.15, -0.1) is 0 Å². The van der Waals surface area contributed by atoms with E-state index >= 15 is 0 Å². The van der Waals surface area contributed by atoms with Gasteiger partial charge in [-0.2, -0.15) is 0 Å². The molecule has 0 heterocycles. The molecule has 0 aromatic heterocycles. The molecule has 0 aliphatic carbocycles. The number of esters is 1. The van der Waals surface area contributed by atoms with E-state index in [1.54, 1.807) is 6.92 Å². The highest BCUT2D eigenvalue weighted by Gasteiger charge is 2.19. The zero-order valence-electron chi connectivity index (χ0n) is 9.58. The summed E-state index contributed by atoms with van der Waals surface area (Å²) in [6.07, 6.45) is -0.00407. The van der Waals surface area contributed by atoms with Gasteiger partial charge < -0.3 is 15.8 Å². The molecule has 0 aromatic rings. The third-order valence-corrected chi connectivity index (χ3v) is 1.79. The SMILES string of the molecule is CCOC(=O)CC(NCC(C)C)C(N)=O. The van der Waals surface area contributed by atoms with Crippen molar-refractivity contribution in [1.29, 1.82) is 0 Å². The summed E-state index contributed by atoms with van der Waals surface area (Å²) in [5.41, 5.74) is 5.16. The number of amides is 1. The first kappa shape index (κ1) is 13.9. The summed E-state index contributed by atoms with van der Waals surface area (Å²) in [5, 5.41) is 2.93. The third-order valence-electron chi connectivity index (χ3n) is 1.79. The molecule has 0 aliphatic rings. The number of rotatable bonds is 7. The van der Waals surface area contributed by atoms with Gasteiger partial charge in [0.15, 0.2) is 0 Å². The van der Waals surface area contributed by atoms with Gasteiger partial charge in [0.2, 0.25) is 5.91 Å². The Kier molecular flexibility index (Phi) is 6.70. The average molecular weight is 216 g/mol. The Labute approximate surface area is 90.4 Å². The maximum Gasteiger partial charge on any atom is 0.307 e. The highest BCUT2D eigenvalue weighted by atomic mass is 16.5. The van der Waals surface area contributed by atoms with Gasteiger partial charge in [0.05, 0.1) is 19.1 Å². The summed E-state index contributed by atoms with van der Waals surface area (Å²) in [6.45, 7) is 6.70. The molecule has 0 saturated heterocycles. The molecule has 0 rings (SSSR count). The van der Waals surface area contributed by atoms with Crippen LogP contribution < -0.4 is 11.1 Å². The van der Waals surface area contributed by atoms with Crippen LogP contribution in [0, 0.1) is 5.92 Å². The number of nitrogens with two attached hydrogens (primary N) is 1. The highest BCUT2D eigenvalue weighted by Crippen LogP contribution is 1.97. The number of nitrogens with one attached hydrogen (secondary N) is 1. The van der Waals surface area contributed by atoms with Crippen molar-refractivity contribution in [3.8, 4) is 0 Å². The normalized spacial score (nSPS) is 12.5. The summed E-state index contributed by atoms with van der Waals surface area (Å²) >= 11 is 0. The van der Waals surface area contributed by atoms with Gasteiger partial charge >= 0.3 is 5.97 Å². The Hall–Kier alpha value is -1.10. The first-order valence-corrected chi connectivity index (χ1v) is 5.15. The Morgan fingerprint density at radius 1 is 1.40 bits per heavy atom. The molecule has 5 nitrogen and oxygen atoms in total. The smallest absolute Gasteiger partial charge is 0.307 e. The lowest BCUT2D eigenvalue weighted by Gasteiger charge is -2.15. The van der Waals surface area contributed by atoms with E-state index in [1.807, 2.05) is 13.8 Å². The van der Waals surface area contributed by atoms with E-state index < -0.39 is 17.9 Å². The van der Waals surface area contributed by atoms with E-state index in [0.717, 1.165) is 0 Å². The average Bonchev–Trinajstić information content (AvgIpc) is 2.11. The maximum absolute atomic E-state index is 11.1. The van der Waals surface area contributed by atoms with E-state index in [0.29, 0.717) is 19.1 Å². The van der Waals surface area contributed by atoms with Crippen molar-refractivity contribution in [3.63, 3.8) is 0 Å². The Balaban J connectivity index is 4.04. The number of hydrogen-bond donors (Lipinski definition) is 2. The molecule has 15 heavy (non-hydrogen) atoms. The van der Waals surface area contributed by atoms with E-state index in [9.17, 15) is 9.59 Å². The quantitative estimate of drug-likeness (QED) is 0.589. The molecule has 0 fully saturated rings. The van der Waals surface area contributed by atoms with Crippen molar-refractivity contribution in [1.82, 2.24) is 5.32 Å². The van der Waals surface area contributed by atoms with Crippen LogP contribution in [0.4, 0.5) is 0 Å². The predicted octanol–water partition coefficient (Wildman–Crippen LogP) is 0.0391. The molecule has 3 N–H and O–H groups in total. The molecule has 0 aliphatic heterocycles. The summed E-state index contributed by atoms with van der Waals surface area (Å²) in [6, 6.07) is -0.633. The minimum atomic E-state index is -0.633. The first-order chi connectivity index (χ1) is 6.97. The molecule has 1 unspecified atom stereocenters. The molecule has 1 atom stereocenters. The Bertz CT molecular complexity index is 217. The number of hydrogen-bond acceptors (Lipinski definition) is 4. The second kappa shape index (κ2) is 7.23. The standard InChI is InChI=1S/C10H20N2O3/c1-4-15-9(13)5-8(10(11)14)12-6-7(2)3/h7-8,12H,4-6H2,1-3H3,(H2,11,14). The summed E-state index contributed by atoms with van der Waals surface area (Å²) < 4.78 is 4.74. The van der Waals surface area contributed by atoms with Gasteiger partial charge in [0.1, 0.15) is 0 Å². The number of carbonyl (C=O) groups is 2. The van der Waals surface area contributed by atoms with Gasteiger partial charge in [0.25, 0.3) is 0 Å². The molecule has 1 amide bonds. The molecule has 0 spiro atoms. The van der Waals surface area contributed by atoms with Crippen molar-refractivity contribution in [2.75, 3.05) is 13.2 Å². The van der Waals surface area contributed by atoms with Crippen LogP contribution in [0.15, 0.2) is 0 Å². The summed E-state index contributed by atoms with van der Waals surface area (Å²) in [4.78, 5) is 22.1. The molecule has 0 radical (unpaired) electrons.